The molecule has 38 heavy (non-hydrogen) atoms. The Balaban J connectivity index is 1.95. The van der Waals surface area contributed by atoms with E-state index in [1.807, 2.05) is 0 Å². The van der Waals surface area contributed by atoms with Gasteiger partial charge >= 0.3 is 0 Å². The zero-order valence-corrected chi connectivity index (χ0v) is 23.6. The molecule has 0 bridgehead atoms. The summed E-state index contributed by atoms with van der Waals surface area (Å²) in [7, 11) is -7.09. The molecule has 1 aliphatic heterocycles. The zero-order valence-electron chi connectivity index (χ0n) is 21.1. The third kappa shape index (κ3) is 6.32. The van der Waals surface area contributed by atoms with Gasteiger partial charge in [0.25, 0.3) is 0 Å². The molecule has 2 aromatic rings. The second kappa shape index (κ2) is 11.6. The molecule has 2 atom stereocenters. The van der Waals surface area contributed by atoms with Crippen molar-refractivity contribution in [3.63, 3.8) is 0 Å². The Morgan fingerprint density at radius 2 is 1.39 bits per heavy atom. The van der Waals surface area contributed by atoms with Crippen molar-refractivity contribution in [2.75, 3.05) is 53.0 Å². The Morgan fingerprint density at radius 3 is 1.87 bits per heavy atom. The van der Waals surface area contributed by atoms with Gasteiger partial charge in [0.2, 0.25) is 20.0 Å². The molecular weight excluding hydrogens is 564 g/mol. The van der Waals surface area contributed by atoms with Crippen LogP contribution in [0.1, 0.15) is 0 Å². The maximum atomic E-state index is 13.7. The summed E-state index contributed by atoms with van der Waals surface area (Å²) in [5, 5.41) is 10.5. The van der Waals surface area contributed by atoms with Crippen LogP contribution in [0.4, 0.5) is 0 Å². The molecule has 0 spiro atoms. The average molecular weight is 595 g/mol. The number of methoxy groups -OCH3 is 4. The summed E-state index contributed by atoms with van der Waals surface area (Å²) in [5.41, 5.74) is 0. The number of hydrogen-bond acceptors (Lipinski definition) is 11. The van der Waals surface area contributed by atoms with Crippen molar-refractivity contribution in [2.24, 2.45) is 0 Å². The molecule has 3 rings (SSSR count). The molecule has 1 heterocycles. The van der Waals surface area contributed by atoms with E-state index < -0.39 is 66.6 Å². The first kappa shape index (κ1) is 29.9. The number of aliphatic hydroxyl groups excluding tert-OH is 1. The molecule has 1 aliphatic rings. The lowest BCUT2D eigenvalue weighted by Gasteiger charge is -2.30. The van der Waals surface area contributed by atoms with E-state index in [2.05, 4.69) is 4.72 Å². The normalized spacial score (nSPS) is 19.3. The Bertz CT molecular complexity index is 1480. The molecule has 0 aromatic heterocycles. The van der Waals surface area contributed by atoms with E-state index in [-0.39, 0.29) is 21.3 Å². The van der Waals surface area contributed by atoms with Gasteiger partial charge in [-0.3, -0.25) is 0 Å². The first-order chi connectivity index (χ1) is 17.8. The number of hydrogen-bond donors (Lipinski definition) is 2. The van der Waals surface area contributed by atoms with Crippen LogP contribution in [0.15, 0.2) is 46.2 Å². The molecule has 212 valence electrons. The Labute approximate surface area is 222 Å². The third-order valence-electron chi connectivity index (χ3n) is 5.91. The van der Waals surface area contributed by atoms with Gasteiger partial charge in [0.05, 0.1) is 52.1 Å². The predicted octanol–water partition coefficient (Wildman–Crippen LogP) is -0.152. The Kier molecular flexibility index (Phi) is 9.16. The number of benzene rings is 2. The fourth-order valence-corrected chi connectivity index (χ4v) is 8.89. The maximum Gasteiger partial charge on any atom is 0.247 e. The van der Waals surface area contributed by atoms with Gasteiger partial charge in [0.15, 0.2) is 9.84 Å². The lowest BCUT2D eigenvalue weighted by molar-refractivity contribution is 0.128. The van der Waals surface area contributed by atoms with Gasteiger partial charge in [-0.05, 0) is 24.3 Å². The number of sulfone groups is 1. The topological polar surface area (TPSA) is 175 Å². The van der Waals surface area contributed by atoms with E-state index in [4.69, 9.17) is 18.9 Å². The van der Waals surface area contributed by atoms with Gasteiger partial charge in [-0.2, -0.15) is 4.31 Å². The summed E-state index contributed by atoms with van der Waals surface area (Å²) < 4.78 is 102. The quantitative estimate of drug-likeness (QED) is 0.334. The highest BCUT2D eigenvalue weighted by molar-refractivity contribution is 7.92. The van der Waals surface area contributed by atoms with Gasteiger partial charge in [-0.15, -0.1) is 0 Å². The lowest BCUT2D eigenvalue weighted by Crippen LogP contribution is -2.49. The molecule has 0 unspecified atom stereocenters. The first-order valence-corrected chi connectivity index (χ1v) is 15.9. The first-order valence-electron chi connectivity index (χ1n) is 11.1. The summed E-state index contributed by atoms with van der Waals surface area (Å²) in [5.74, 6) is -0.654. The van der Waals surface area contributed by atoms with E-state index >= 15 is 0 Å². The van der Waals surface area contributed by atoms with Crippen molar-refractivity contribution in [3.05, 3.63) is 36.4 Å². The molecule has 13 nitrogen and oxygen atoms in total. The van der Waals surface area contributed by atoms with Crippen LogP contribution in [-0.2, 0) is 29.9 Å². The van der Waals surface area contributed by atoms with Crippen LogP contribution in [0.3, 0.4) is 0 Å². The molecule has 16 heteroatoms. The molecular formula is C22H30N2O11S3. The van der Waals surface area contributed by atoms with Gasteiger partial charge in [-0.1, -0.05) is 0 Å². The van der Waals surface area contributed by atoms with Crippen molar-refractivity contribution < 1.29 is 49.3 Å². The van der Waals surface area contributed by atoms with Crippen LogP contribution < -0.4 is 23.7 Å². The molecule has 1 fully saturated rings. The second-order valence-electron chi connectivity index (χ2n) is 8.26. The number of aliphatic hydroxyl groups is 1. The van der Waals surface area contributed by atoms with Crippen molar-refractivity contribution >= 4 is 29.9 Å². The standard InChI is InChI=1S/C22H30N2O11S3/c1-32-15-5-7-21(19(11-15)34-3)37(28,29)23-9-10-24(17-13-36(26,27)14-18(17)25)38(30,31)22-8-6-16(33-2)12-20(22)35-4/h5-8,11-12,17-18,23,25H,9-10,13-14H2,1-4H3/t17-,18-/m1/s1. The Morgan fingerprint density at radius 1 is 0.868 bits per heavy atom. The number of nitrogens with one attached hydrogen (secondary N) is 1. The minimum Gasteiger partial charge on any atom is -0.497 e. The van der Waals surface area contributed by atoms with Gasteiger partial charge in [-0.25, -0.2) is 30.0 Å². The summed E-state index contributed by atoms with van der Waals surface area (Å²) in [6.45, 7) is -0.940. The van der Waals surface area contributed by atoms with Crippen LogP contribution in [0.5, 0.6) is 23.0 Å². The third-order valence-corrected chi connectivity index (χ3v) is 11.1. The van der Waals surface area contributed by atoms with Crippen molar-refractivity contribution in [2.45, 2.75) is 21.9 Å². The minimum absolute atomic E-state index is 0.00149. The molecule has 2 aromatic carbocycles. The van der Waals surface area contributed by atoms with E-state index in [0.29, 0.717) is 11.5 Å². The lowest BCUT2D eigenvalue weighted by atomic mass is 10.2. The van der Waals surface area contributed by atoms with E-state index in [9.17, 15) is 30.4 Å². The Hall–Kier alpha value is -2.63. The number of rotatable bonds is 12. The molecule has 0 radical (unpaired) electrons. The minimum atomic E-state index is -4.49. The second-order valence-corrected chi connectivity index (χ2v) is 14.0. The molecule has 1 saturated heterocycles. The summed E-state index contributed by atoms with van der Waals surface area (Å²) in [6.07, 6.45) is -1.52. The molecule has 2 N–H and O–H groups in total. The van der Waals surface area contributed by atoms with Crippen molar-refractivity contribution in [3.8, 4) is 23.0 Å². The van der Waals surface area contributed by atoms with Crippen LogP contribution in [0.2, 0.25) is 0 Å². The SMILES string of the molecule is COc1ccc(S(=O)(=O)NCCN([C@@H]2CS(=O)(=O)C[C@H]2O)S(=O)(=O)c2ccc(OC)cc2OC)c(OC)c1. The largest absolute Gasteiger partial charge is 0.497 e. The summed E-state index contributed by atoms with van der Waals surface area (Å²) in [6, 6.07) is 6.66. The number of nitrogens with zero attached hydrogens (tertiary/aromatic N) is 1. The van der Waals surface area contributed by atoms with Crippen molar-refractivity contribution in [1.29, 1.82) is 0 Å². The van der Waals surface area contributed by atoms with Crippen LogP contribution >= 0.6 is 0 Å². The fourth-order valence-electron chi connectivity index (χ4n) is 4.03. The maximum absolute atomic E-state index is 13.7. The zero-order chi connectivity index (χ0) is 28.3. The molecule has 0 aliphatic carbocycles. The number of sulfonamides is 2. The average Bonchev–Trinajstić information content (AvgIpc) is 3.16. The number of ether oxygens (including phenoxy) is 4. The fraction of sp³-hybridized carbons (Fsp3) is 0.455. The van der Waals surface area contributed by atoms with Crippen LogP contribution in [0.25, 0.3) is 0 Å². The van der Waals surface area contributed by atoms with Gasteiger partial charge in [0.1, 0.15) is 32.8 Å². The highest BCUT2D eigenvalue weighted by Gasteiger charge is 2.45. The van der Waals surface area contributed by atoms with E-state index in [0.717, 1.165) is 4.31 Å². The summed E-state index contributed by atoms with van der Waals surface area (Å²) >= 11 is 0. The smallest absolute Gasteiger partial charge is 0.247 e. The van der Waals surface area contributed by atoms with Crippen molar-refractivity contribution in [1.82, 2.24) is 9.03 Å². The van der Waals surface area contributed by atoms with Crippen LogP contribution in [-0.4, -0.2) is 99.8 Å². The van der Waals surface area contributed by atoms with E-state index in [1.54, 1.807) is 0 Å². The highest BCUT2D eigenvalue weighted by Crippen LogP contribution is 2.33. The molecule has 0 amide bonds. The van der Waals surface area contributed by atoms with Crippen LogP contribution in [0, 0.1) is 0 Å². The van der Waals surface area contributed by atoms with Gasteiger partial charge in [0, 0.05) is 25.2 Å². The monoisotopic (exact) mass is 594 g/mol. The predicted molar refractivity (Wildman–Crippen MR) is 137 cm³/mol. The van der Waals surface area contributed by atoms with Gasteiger partial charge < -0.3 is 24.1 Å². The van der Waals surface area contributed by atoms with E-state index in [1.165, 1.54) is 64.8 Å². The summed E-state index contributed by atoms with van der Waals surface area (Å²) in [4.78, 5) is -0.521. The molecule has 0 saturated carbocycles. The highest BCUT2D eigenvalue weighted by atomic mass is 32.2.